The second-order valence-electron chi connectivity index (χ2n) is 1.46. The van der Waals surface area contributed by atoms with Gasteiger partial charge in [0.2, 0.25) is 0 Å². The number of carbonyl (C=O) groups is 1. The van der Waals surface area contributed by atoms with Crippen LogP contribution in [-0.4, -0.2) is 39.5 Å². The molecule has 0 unspecified atom stereocenters. The van der Waals surface area contributed by atoms with Gasteiger partial charge in [0.1, 0.15) is 0 Å². The molecule has 1 aromatic heterocycles. The SMILES string of the molecule is O=CO.[Na][c]1ccc(Cl)s1. The topological polar surface area (TPSA) is 37.3 Å². The van der Waals surface area contributed by atoms with Crippen LogP contribution in [0.2, 0.25) is 4.34 Å². The van der Waals surface area contributed by atoms with Crippen molar-refractivity contribution in [3.8, 4) is 0 Å². The van der Waals surface area contributed by atoms with Gasteiger partial charge in [-0.15, -0.1) is 0 Å². The molecular weight excluding hydrogens is 183 g/mol. The molecule has 0 spiro atoms. The van der Waals surface area contributed by atoms with Gasteiger partial charge < -0.3 is 5.11 Å². The molecule has 0 fully saturated rings. The fourth-order valence-electron chi connectivity index (χ4n) is 0.405. The van der Waals surface area contributed by atoms with E-state index in [0.29, 0.717) is 0 Å². The number of hydrogen-bond acceptors (Lipinski definition) is 2. The molecule has 0 amide bonds. The van der Waals surface area contributed by atoms with Gasteiger partial charge in [-0.05, 0) is 0 Å². The van der Waals surface area contributed by atoms with Gasteiger partial charge in [-0.1, -0.05) is 0 Å². The molecule has 0 bridgehead atoms. The van der Waals surface area contributed by atoms with Crippen LogP contribution in [0.15, 0.2) is 12.1 Å². The van der Waals surface area contributed by atoms with Gasteiger partial charge >= 0.3 is 69.5 Å². The molecule has 0 aliphatic heterocycles. The van der Waals surface area contributed by atoms with E-state index in [4.69, 9.17) is 21.5 Å². The first-order valence-corrected chi connectivity index (χ1v) is 4.70. The summed E-state index contributed by atoms with van der Waals surface area (Å²) in [4.78, 5) is 8.36. The molecule has 1 heterocycles. The molecule has 0 saturated heterocycles. The summed E-state index contributed by atoms with van der Waals surface area (Å²) in [7, 11) is 0. The molecule has 1 rings (SSSR count). The van der Waals surface area contributed by atoms with E-state index in [1.165, 1.54) is 2.13 Å². The van der Waals surface area contributed by atoms with Crippen LogP contribution in [-0.2, 0) is 4.79 Å². The minimum atomic E-state index is -0.250. The maximum atomic E-state index is 8.36. The Bertz CT molecular complexity index is 185. The van der Waals surface area contributed by atoms with Gasteiger partial charge in [-0.3, -0.25) is 4.79 Å². The van der Waals surface area contributed by atoms with Crippen molar-refractivity contribution >= 4 is 59.5 Å². The number of thiophene rings is 1. The van der Waals surface area contributed by atoms with Crippen LogP contribution in [0.5, 0.6) is 0 Å². The number of hydrogen-bond donors (Lipinski definition) is 1. The Hall–Kier alpha value is 0.460. The molecular formula is C5H4ClNaO2S. The zero-order chi connectivity index (χ0) is 7.98. The predicted molar refractivity (Wildman–Crippen MR) is 43.4 cm³/mol. The van der Waals surface area contributed by atoms with Gasteiger partial charge in [0.05, 0.1) is 0 Å². The van der Waals surface area contributed by atoms with Crippen LogP contribution in [0, 0.1) is 0 Å². The van der Waals surface area contributed by atoms with E-state index in [9.17, 15) is 0 Å². The zero-order valence-electron chi connectivity index (χ0n) is 5.37. The summed E-state index contributed by atoms with van der Waals surface area (Å²) in [5, 5.41) is 6.89. The second kappa shape index (κ2) is 6.19. The molecule has 2 nitrogen and oxygen atoms in total. The standard InChI is InChI=1S/C4H2ClS.CH2O2.Na/c5-4-2-1-3-6-4;2-1-3;/h1-2H;1H,(H,2,3);. The fourth-order valence-corrected chi connectivity index (χ4v) is 2.63. The fraction of sp³-hybridized carbons (Fsp3) is 0. The Balaban J connectivity index is 0.000000236. The monoisotopic (exact) mass is 186 g/mol. The van der Waals surface area contributed by atoms with E-state index in [-0.39, 0.29) is 6.47 Å². The van der Waals surface area contributed by atoms with E-state index < -0.39 is 0 Å². The van der Waals surface area contributed by atoms with Crippen LogP contribution in [0.3, 0.4) is 0 Å². The quantitative estimate of drug-likeness (QED) is 0.483. The molecule has 0 aliphatic rings. The van der Waals surface area contributed by atoms with E-state index in [0.717, 1.165) is 32.3 Å². The van der Waals surface area contributed by atoms with Crippen molar-refractivity contribution in [1.82, 2.24) is 0 Å². The zero-order valence-corrected chi connectivity index (χ0v) is 8.95. The first-order chi connectivity index (χ1) is 4.70. The van der Waals surface area contributed by atoms with Crippen LogP contribution in [0.4, 0.5) is 0 Å². The van der Waals surface area contributed by atoms with Gasteiger partial charge in [-0.25, -0.2) is 0 Å². The molecule has 1 N–H and O–H groups in total. The summed E-state index contributed by atoms with van der Waals surface area (Å²) in [6.45, 7) is -0.250. The van der Waals surface area contributed by atoms with Crippen molar-refractivity contribution in [3.05, 3.63) is 16.5 Å². The summed E-state index contributed by atoms with van der Waals surface area (Å²) >= 11 is 8.40. The molecule has 0 saturated carbocycles. The molecule has 0 radical (unpaired) electrons. The van der Waals surface area contributed by atoms with Crippen molar-refractivity contribution in [1.29, 1.82) is 0 Å². The van der Waals surface area contributed by atoms with Crippen molar-refractivity contribution in [2.75, 3.05) is 0 Å². The maximum absolute atomic E-state index is 8.36. The molecule has 10 heavy (non-hydrogen) atoms. The third kappa shape index (κ3) is 5.26. The number of carboxylic acid groups (broad SMARTS) is 1. The van der Waals surface area contributed by atoms with Crippen LogP contribution in [0.25, 0.3) is 0 Å². The molecule has 0 aliphatic carbocycles. The average molecular weight is 187 g/mol. The summed E-state index contributed by atoms with van der Waals surface area (Å²) in [6.07, 6.45) is 0. The van der Waals surface area contributed by atoms with Crippen molar-refractivity contribution in [2.45, 2.75) is 0 Å². The number of rotatable bonds is 0. The second-order valence-corrected chi connectivity index (χ2v) is 5.18. The summed E-state index contributed by atoms with van der Waals surface area (Å²) in [5.41, 5.74) is 0. The Morgan fingerprint density at radius 1 is 1.70 bits per heavy atom. The molecule has 50 valence electrons. The summed E-state index contributed by atoms with van der Waals surface area (Å²) in [5.74, 6) is 0. The van der Waals surface area contributed by atoms with Crippen molar-refractivity contribution in [2.24, 2.45) is 0 Å². The van der Waals surface area contributed by atoms with Crippen molar-refractivity contribution in [3.63, 3.8) is 0 Å². The van der Waals surface area contributed by atoms with E-state index >= 15 is 0 Å². The van der Waals surface area contributed by atoms with E-state index in [1.807, 2.05) is 6.07 Å². The molecule has 0 aromatic carbocycles. The van der Waals surface area contributed by atoms with Gasteiger partial charge in [-0.2, -0.15) is 0 Å². The third-order valence-corrected chi connectivity index (χ3v) is 2.80. The van der Waals surface area contributed by atoms with Crippen LogP contribution in [0.1, 0.15) is 0 Å². The first kappa shape index (κ1) is 10.5. The van der Waals surface area contributed by atoms with Gasteiger partial charge in [0.25, 0.3) is 6.47 Å². The average Bonchev–Trinajstić information content (AvgIpc) is 2.17. The molecule has 5 heteroatoms. The van der Waals surface area contributed by atoms with E-state index in [2.05, 4.69) is 6.07 Å². The third-order valence-electron chi connectivity index (χ3n) is 0.708. The Kier molecular flexibility index (Phi) is 6.47. The minimum absolute atomic E-state index is 0.250. The predicted octanol–water partition coefficient (Wildman–Crippen LogP) is 0.896. The summed E-state index contributed by atoms with van der Waals surface area (Å²) < 4.78 is 2.31. The van der Waals surface area contributed by atoms with Crippen LogP contribution >= 0.6 is 22.9 Å². The normalized spacial score (nSPS) is 7.90. The Morgan fingerprint density at radius 2 is 2.20 bits per heavy atom. The Labute approximate surface area is 85.2 Å². The van der Waals surface area contributed by atoms with Gasteiger partial charge in [0.15, 0.2) is 0 Å². The van der Waals surface area contributed by atoms with Crippen molar-refractivity contribution < 1.29 is 9.90 Å². The number of halogens is 1. The van der Waals surface area contributed by atoms with E-state index in [1.54, 1.807) is 11.3 Å². The first-order valence-electron chi connectivity index (χ1n) is 2.50. The molecule has 0 atom stereocenters. The van der Waals surface area contributed by atoms with Crippen LogP contribution < -0.4 is 2.13 Å². The summed E-state index contributed by atoms with van der Waals surface area (Å²) in [6, 6.07) is 4.01. The van der Waals surface area contributed by atoms with Gasteiger partial charge in [0, 0.05) is 0 Å². The Morgan fingerprint density at radius 3 is 2.30 bits per heavy atom. The molecule has 1 aromatic rings.